The van der Waals surface area contributed by atoms with Gasteiger partial charge < -0.3 is 10.6 Å². The van der Waals surface area contributed by atoms with Crippen molar-refractivity contribution in [1.29, 1.82) is 0 Å². The van der Waals surface area contributed by atoms with Crippen LogP contribution in [0.3, 0.4) is 0 Å². The highest BCUT2D eigenvalue weighted by Gasteiger charge is 2.12. The van der Waals surface area contributed by atoms with Gasteiger partial charge in [0.2, 0.25) is 0 Å². The molecule has 2 aromatic rings. The third kappa shape index (κ3) is 2.96. The Morgan fingerprint density at radius 1 is 1.45 bits per heavy atom. The molecule has 2 heterocycles. The van der Waals surface area contributed by atoms with Crippen molar-refractivity contribution in [1.82, 2.24) is 25.5 Å². The van der Waals surface area contributed by atoms with Crippen molar-refractivity contribution in [3.05, 3.63) is 30.1 Å². The molecule has 1 saturated heterocycles. The van der Waals surface area contributed by atoms with Gasteiger partial charge in [-0.25, -0.2) is 4.68 Å². The van der Waals surface area contributed by atoms with E-state index in [2.05, 4.69) is 45.2 Å². The van der Waals surface area contributed by atoms with Gasteiger partial charge in [0.05, 0.1) is 5.69 Å². The van der Waals surface area contributed by atoms with Gasteiger partial charge in [-0.05, 0) is 73.0 Å². The van der Waals surface area contributed by atoms with E-state index in [1.165, 1.54) is 12.8 Å². The lowest BCUT2D eigenvalue weighted by Crippen LogP contribution is -2.33. The van der Waals surface area contributed by atoms with E-state index < -0.39 is 0 Å². The zero-order chi connectivity index (χ0) is 13.8. The summed E-state index contributed by atoms with van der Waals surface area (Å²) in [5, 5.41) is 18.2. The first-order chi connectivity index (χ1) is 9.83. The van der Waals surface area contributed by atoms with Crippen LogP contribution in [0.4, 0.5) is 5.69 Å². The summed E-state index contributed by atoms with van der Waals surface area (Å²) >= 11 is 0. The van der Waals surface area contributed by atoms with Crippen molar-refractivity contribution in [2.45, 2.75) is 19.8 Å². The Hall–Kier alpha value is -1.95. The fourth-order valence-electron chi connectivity index (χ4n) is 2.65. The molecular weight excluding hydrogens is 252 g/mol. The molecule has 0 saturated carbocycles. The summed E-state index contributed by atoms with van der Waals surface area (Å²) < 4.78 is 1.68. The molecule has 1 aromatic heterocycles. The second-order valence-electron chi connectivity index (χ2n) is 5.35. The Balaban J connectivity index is 1.64. The first-order valence-electron chi connectivity index (χ1n) is 7.11. The molecule has 1 aromatic carbocycles. The molecule has 1 unspecified atom stereocenters. The highest BCUT2D eigenvalue weighted by molar-refractivity contribution is 5.53. The van der Waals surface area contributed by atoms with Crippen molar-refractivity contribution in [2.24, 2.45) is 5.92 Å². The molecule has 106 valence electrons. The van der Waals surface area contributed by atoms with Gasteiger partial charge >= 0.3 is 0 Å². The normalized spacial score (nSPS) is 18.9. The van der Waals surface area contributed by atoms with E-state index >= 15 is 0 Å². The number of tetrazole rings is 1. The number of aromatic nitrogens is 4. The Morgan fingerprint density at radius 2 is 2.40 bits per heavy atom. The van der Waals surface area contributed by atoms with E-state index in [-0.39, 0.29) is 0 Å². The molecule has 1 aliphatic heterocycles. The fraction of sp³-hybridized carbons (Fsp3) is 0.500. The summed E-state index contributed by atoms with van der Waals surface area (Å²) in [6.07, 6.45) is 4.20. The van der Waals surface area contributed by atoms with E-state index in [0.29, 0.717) is 0 Å². The Labute approximate surface area is 118 Å². The number of benzene rings is 1. The number of nitrogens with one attached hydrogen (secondary N) is 2. The van der Waals surface area contributed by atoms with Gasteiger partial charge in [-0.15, -0.1) is 5.10 Å². The van der Waals surface area contributed by atoms with Gasteiger partial charge in [-0.2, -0.15) is 0 Å². The third-order valence-electron chi connectivity index (χ3n) is 3.79. The quantitative estimate of drug-likeness (QED) is 0.880. The number of rotatable bonds is 4. The van der Waals surface area contributed by atoms with Crippen LogP contribution in [-0.2, 0) is 0 Å². The molecule has 20 heavy (non-hydrogen) atoms. The smallest absolute Gasteiger partial charge is 0.143 e. The van der Waals surface area contributed by atoms with Crippen LogP contribution in [0, 0.1) is 12.8 Å². The van der Waals surface area contributed by atoms with E-state index in [0.717, 1.165) is 42.5 Å². The zero-order valence-electron chi connectivity index (χ0n) is 11.7. The van der Waals surface area contributed by atoms with Crippen LogP contribution < -0.4 is 10.6 Å². The zero-order valence-corrected chi connectivity index (χ0v) is 11.7. The van der Waals surface area contributed by atoms with Gasteiger partial charge in [0.15, 0.2) is 0 Å². The van der Waals surface area contributed by atoms with Crippen molar-refractivity contribution in [2.75, 3.05) is 25.0 Å². The molecule has 0 aliphatic carbocycles. The summed E-state index contributed by atoms with van der Waals surface area (Å²) in [6, 6.07) is 6.28. The minimum absolute atomic E-state index is 0.725. The van der Waals surface area contributed by atoms with Crippen molar-refractivity contribution >= 4 is 5.69 Å². The van der Waals surface area contributed by atoms with Crippen LogP contribution in [0.2, 0.25) is 0 Å². The number of nitrogens with zero attached hydrogens (tertiary/aromatic N) is 4. The number of hydrogen-bond acceptors (Lipinski definition) is 5. The Morgan fingerprint density at radius 3 is 3.10 bits per heavy atom. The predicted octanol–water partition coefficient (Wildman–Crippen LogP) is 1.38. The number of piperidine rings is 1. The van der Waals surface area contributed by atoms with Gasteiger partial charge in [0.1, 0.15) is 6.33 Å². The van der Waals surface area contributed by atoms with Crippen LogP contribution in [0.5, 0.6) is 0 Å². The molecule has 6 heteroatoms. The summed E-state index contributed by atoms with van der Waals surface area (Å²) in [5.74, 6) is 0.725. The molecule has 0 radical (unpaired) electrons. The third-order valence-corrected chi connectivity index (χ3v) is 3.79. The van der Waals surface area contributed by atoms with Gasteiger partial charge in [-0.1, -0.05) is 0 Å². The van der Waals surface area contributed by atoms with Crippen LogP contribution in [0.25, 0.3) is 5.69 Å². The average molecular weight is 272 g/mol. The SMILES string of the molecule is Cc1cc(NCC2CCCNC2)ccc1-n1cnnn1. The number of hydrogen-bond donors (Lipinski definition) is 2. The summed E-state index contributed by atoms with van der Waals surface area (Å²) in [6.45, 7) is 5.38. The molecule has 1 fully saturated rings. The van der Waals surface area contributed by atoms with Crippen LogP contribution in [-0.4, -0.2) is 39.8 Å². The second-order valence-corrected chi connectivity index (χ2v) is 5.35. The highest BCUT2D eigenvalue weighted by Crippen LogP contribution is 2.19. The molecule has 1 aliphatic rings. The van der Waals surface area contributed by atoms with E-state index in [1.807, 2.05) is 6.07 Å². The lowest BCUT2D eigenvalue weighted by molar-refractivity contribution is 0.393. The molecule has 0 amide bonds. The first kappa shape index (κ1) is 13.1. The van der Waals surface area contributed by atoms with Gasteiger partial charge in [-0.3, -0.25) is 0 Å². The van der Waals surface area contributed by atoms with Gasteiger partial charge in [0.25, 0.3) is 0 Å². The van der Waals surface area contributed by atoms with E-state index in [1.54, 1.807) is 11.0 Å². The Kier molecular flexibility index (Phi) is 3.92. The van der Waals surface area contributed by atoms with Crippen LogP contribution in [0.15, 0.2) is 24.5 Å². The maximum Gasteiger partial charge on any atom is 0.143 e. The molecule has 6 nitrogen and oxygen atoms in total. The molecule has 1 atom stereocenters. The number of anilines is 1. The topological polar surface area (TPSA) is 67.7 Å². The first-order valence-corrected chi connectivity index (χ1v) is 7.11. The summed E-state index contributed by atoms with van der Waals surface area (Å²) in [7, 11) is 0. The molecule has 0 spiro atoms. The van der Waals surface area contributed by atoms with Crippen LogP contribution in [0.1, 0.15) is 18.4 Å². The molecule has 3 rings (SSSR count). The van der Waals surface area contributed by atoms with Gasteiger partial charge in [0, 0.05) is 12.2 Å². The maximum absolute atomic E-state index is 3.92. The largest absolute Gasteiger partial charge is 0.385 e. The lowest BCUT2D eigenvalue weighted by Gasteiger charge is -2.23. The lowest BCUT2D eigenvalue weighted by atomic mass is 9.99. The monoisotopic (exact) mass is 272 g/mol. The minimum atomic E-state index is 0.725. The van der Waals surface area contributed by atoms with E-state index in [9.17, 15) is 0 Å². The highest BCUT2D eigenvalue weighted by atomic mass is 15.5. The molecule has 0 bridgehead atoms. The molecular formula is C14H20N6. The Bertz CT molecular complexity index is 545. The van der Waals surface area contributed by atoms with Crippen LogP contribution >= 0.6 is 0 Å². The minimum Gasteiger partial charge on any atom is -0.385 e. The average Bonchev–Trinajstić information content (AvgIpc) is 3.00. The summed E-state index contributed by atoms with van der Waals surface area (Å²) in [4.78, 5) is 0. The van der Waals surface area contributed by atoms with Crippen molar-refractivity contribution in [3.63, 3.8) is 0 Å². The summed E-state index contributed by atoms with van der Waals surface area (Å²) in [5.41, 5.74) is 3.33. The van der Waals surface area contributed by atoms with Crippen molar-refractivity contribution < 1.29 is 0 Å². The standard InChI is InChI=1S/C14H20N6/c1-11-7-13(16-9-12-3-2-6-15-8-12)4-5-14(11)20-10-17-18-19-20/h4-5,7,10,12,15-16H,2-3,6,8-9H2,1H3. The molecule has 2 N–H and O–H groups in total. The van der Waals surface area contributed by atoms with Crippen molar-refractivity contribution in [3.8, 4) is 5.69 Å². The fourth-order valence-corrected chi connectivity index (χ4v) is 2.65. The predicted molar refractivity (Wildman–Crippen MR) is 78.0 cm³/mol. The maximum atomic E-state index is 3.92. The number of aryl methyl sites for hydroxylation is 1. The van der Waals surface area contributed by atoms with E-state index in [4.69, 9.17) is 0 Å². The second kappa shape index (κ2) is 6.00.